The van der Waals surface area contributed by atoms with Crippen LogP contribution in [0.25, 0.3) is 16.7 Å². The van der Waals surface area contributed by atoms with Crippen LogP contribution in [0, 0.1) is 17.5 Å². The minimum atomic E-state index is -4.81. The summed E-state index contributed by atoms with van der Waals surface area (Å²) in [5, 5.41) is 21.3. The molecule has 0 bridgehead atoms. The normalized spacial score (nSPS) is 21.1. The van der Waals surface area contributed by atoms with Gasteiger partial charge in [0.05, 0.1) is 17.6 Å². The van der Waals surface area contributed by atoms with Gasteiger partial charge in [0.25, 0.3) is 5.91 Å². The van der Waals surface area contributed by atoms with Crippen LogP contribution in [0.4, 0.5) is 32.2 Å². The number of aliphatic hydroxyl groups is 2. The molecule has 1 saturated heterocycles. The molecule has 1 saturated carbocycles. The van der Waals surface area contributed by atoms with Crippen LogP contribution in [-0.2, 0) is 0 Å². The molecule has 1 aromatic carbocycles. The topological polar surface area (TPSA) is 108 Å². The van der Waals surface area contributed by atoms with Crippen LogP contribution in [-0.4, -0.2) is 62.7 Å². The average molecular weight is 556 g/mol. The van der Waals surface area contributed by atoms with Crippen molar-refractivity contribution in [2.45, 2.75) is 49.6 Å². The monoisotopic (exact) mass is 556 g/mol. The molecule has 2 aromatic heterocycles. The summed E-state index contributed by atoms with van der Waals surface area (Å²) in [4.78, 5) is 32.1. The summed E-state index contributed by atoms with van der Waals surface area (Å²) < 4.78 is 85.8. The number of fused-ring (bicyclic) bond motifs is 1. The summed E-state index contributed by atoms with van der Waals surface area (Å²) >= 11 is 0. The highest BCUT2D eigenvalue weighted by atomic mass is 19.4. The van der Waals surface area contributed by atoms with E-state index in [4.69, 9.17) is 0 Å². The summed E-state index contributed by atoms with van der Waals surface area (Å²) in [6.45, 7) is -0.105. The molecule has 1 aliphatic heterocycles. The number of hydrogen-bond donors (Lipinski definition) is 3. The van der Waals surface area contributed by atoms with Gasteiger partial charge in [-0.2, -0.15) is 13.2 Å². The van der Waals surface area contributed by atoms with Crippen LogP contribution in [0.1, 0.15) is 36.0 Å². The van der Waals surface area contributed by atoms with E-state index in [0.717, 1.165) is 0 Å². The summed E-state index contributed by atoms with van der Waals surface area (Å²) in [5.41, 5.74) is -5.75. The molecule has 0 unspecified atom stereocenters. The lowest BCUT2D eigenvalue weighted by molar-refractivity contribution is -0.191. The summed E-state index contributed by atoms with van der Waals surface area (Å²) in [6.07, 6.45) is -6.78. The third-order valence-corrected chi connectivity index (χ3v) is 7.24. The molecular weight excluding hydrogens is 534 g/mol. The largest absolute Gasteiger partial charge is 0.411 e. The van der Waals surface area contributed by atoms with Gasteiger partial charge in [0.2, 0.25) is 5.43 Å². The number of carbonyl (C=O) groups excluding carboxylic acids is 1. The number of halogens is 6. The second-order valence-corrected chi connectivity index (χ2v) is 9.78. The molecule has 0 spiro atoms. The van der Waals surface area contributed by atoms with Crippen molar-refractivity contribution in [1.29, 1.82) is 0 Å². The Bertz CT molecular complexity index is 1490. The highest BCUT2D eigenvalue weighted by Crippen LogP contribution is 2.43. The van der Waals surface area contributed by atoms with Crippen LogP contribution in [0.15, 0.2) is 35.3 Å². The Kier molecular flexibility index (Phi) is 6.58. The molecule has 14 heteroatoms. The molecule has 1 amide bonds. The van der Waals surface area contributed by atoms with E-state index in [-0.39, 0.29) is 42.8 Å². The molecule has 2 fully saturated rings. The molecule has 0 radical (unpaired) electrons. The van der Waals surface area contributed by atoms with E-state index in [1.807, 2.05) is 5.32 Å². The van der Waals surface area contributed by atoms with E-state index in [1.165, 1.54) is 17.0 Å². The first-order valence-corrected chi connectivity index (χ1v) is 12.0. The SMILES string of the molecule is O=C(NC1(C(F)(F)F)CCCC1)c1cn(-c2c(F)cc(F)cc2F)c2nc(N3C[C@@H](O)[C@H](O)C3)ccc2c1=O. The fourth-order valence-electron chi connectivity index (χ4n) is 5.17. The van der Waals surface area contributed by atoms with Gasteiger partial charge in [-0.15, -0.1) is 0 Å². The number of alkyl halides is 3. The number of β-amino-alcohol motifs (C(OH)–C–C–N with tert-alkyl or cyclic N) is 2. The number of nitrogens with one attached hydrogen (secondary N) is 1. The van der Waals surface area contributed by atoms with Gasteiger partial charge in [-0.3, -0.25) is 14.2 Å². The quantitative estimate of drug-likeness (QED) is 0.427. The third-order valence-electron chi connectivity index (χ3n) is 7.24. The number of amides is 1. The van der Waals surface area contributed by atoms with Crippen molar-refractivity contribution in [2.75, 3.05) is 18.0 Å². The van der Waals surface area contributed by atoms with Crippen LogP contribution in [0.3, 0.4) is 0 Å². The van der Waals surface area contributed by atoms with E-state index < -0.39 is 76.8 Å². The summed E-state index contributed by atoms with van der Waals surface area (Å²) in [7, 11) is 0. The van der Waals surface area contributed by atoms with Crippen molar-refractivity contribution in [3.05, 3.63) is 63.7 Å². The highest BCUT2D eigenvalue weighted by molar-refractivity contribution is 5.98. The van der Waals surface area contributed by atoms with Gasteiger partial charge in [0.1, 0.15) is 28.4 Å². The maximum atomic E-state index is 14.9. The summed E-state index contributed by atoms with van der Waals surface area (Å²) in [6, 6.07) is 3.18. The van der Waals surface area contributed by atoms with Gasteiger partial charge >= 0.3 is 6.18 Å². The molecule has 8 nitrogen and oxygen atoms in total. The van der Waals surface area contributed by atoms with Crippen LogP contribution < -0.4 is 15.6 Å². The van der Waals surface area contributed by atoms with E-state index in [2.05, 4.69) is 4.98 Å². The van der Waals surface area contributed by atoms with Gasteiger partial charge in [-0.1, -0.05) is 12.8 Å². The molecule has 3 aromatic rings. The van der Waals surface area contributed by atoms with Crippen LogP contribution in [0.2, 0.25) is 0 Å². The maximum absolute atomic E-state index is 14.9. The number of pyridine rings is 2. The summed E-state index contributed by atoms with van der Waals surface area (Å²) in [5.74, 6) is -5.41. The third kappa shape index (κ3) is 4.61. The molecule has 3 heterocycles. The fraction of sp³-hybridized carbons (Fsp3) is 0.400. The fourth-order valence-corrected chi connectivity index (χ4v) is 5.17. The number of anilines is 1. The van der Waals surface area contributed by atoms with E-state index >= 15 is 0 Å². The van der Waals surface area contributed by atoms with Crippen molar-refractivity contribution in [3.63, 3.8) is 0 Å². The second-order valence-electron chi connectivity index (χ2n) is 9.78. The number of carbonyl (C=O) groups is 1. The smallest absolute Gasteiger partial charge is 0.389 e. The standard InChI is InChI=1S/C25H22F6N4O4/c26-12-7-15(27)20(16(28)8-12)35-9-14(23(39)33-24(25(29,30)31)5-1-2-6-24)21(38)13-3-4-19(32-22(13)35)34-10-17(36)18(37)11-34/h3-4,7-9,17-18,36-37H,1-2,5-6,10-11H2,(H,33,39)/t17-,18-/m1/s1. The lowest BCUT2D eigenvalue weighted by atomic mass is 9.96. The number of rotatable bonds is 4. The van der Waals surface area contributed by atoms with Gasteiger partial charge in [0.15, 0.2) is 17.3 Å². The predicted molar refractivity (Wildman–Crippen MR) is 126 cm³/mol. The van der Waals surface area contributed by atoms with Crippen LogP contribution >= 0.6 is 0 Å². The Hall–Kier alpha value is -3.65. The Morgan fingerprint density at radius 2 is 1.62 bits per heavy atom. The first-order chi connectivity index (χ1) is 18.3. The van der Waals surface area contributed by atoms with Gasteiger partial charge in [-0.05, 0) is 25.0 Å². The first kappa shape index (κ1) is 26.9. The van der Waals surface area contributed by atoms with E-state index in [0.29, 0.717) is 22.9 Å². The zero-order valence-corrected chi connectivity index (χ0v) is 20.1. The molecule has 2 atom stereocenters. The van der Waals surface area contributed by atoms with Gasteiger partial charge in [0, 0.05) is 31.4 Å². The average Bonchev–Trinajstić information content (AvgIpc) is 3.46. The molecule has 39 heavy (non-hydrogen) atoms. The lowest BCUT2D eigenvalue weighted by Gasteiger charge is -2.32. The van der Waals surface area contributed by atoms with Gasteiger partial charge in [-0.25, -0.2) is 18.2 Å². The number of aromatic nitrogens is 2. The van der Waals surface area contributed by atoms with Crippen molar-refractivity contribution in [2.24, 2.45) is 0 Å². The van der Waals surface area contributed by atoms with E-state index in [1.54, 1.807) is 0 Å². The maximum Gasteiger partial charge on any atom is 0.411 e. The molecule has 2 aliphatic rings. The number of hydrogen-bond acceptors (Lipinski definition) is 6. The molecular formula is C25H22F6N4O4. The van der Waals surface area contributed by atoms with Crippen molar-refractivity contribution in [3.8, 4) is 5.69 Å². The zero-order valence-electron chi connectivity index (χ0n) is 20.1. The number of aliphatic hydroxyl groups excluding tert-OH is 2. The Labute approximate surface area is 216 Å². The minimum Gasteiger partial charge on any atom is -0.389 e. The molecule has 1 aliphatic carbocycles. The predicted octanol–water partition coefficient (Wildman–Crippen LogP) is 2.95. The molecule has 5 rings (SSSR count). The first-order valence-electron chi connectivity index (χ1n) is 12.0. The minimum absolute atomic E-state index is 0.0524. The van der Waals surface area contributed by atoms with E-state index in [9.17, 15) is 46.1 Å². The van der Waals surface area contributed by atoms with Crippen molar-refractivity contribution in [1.82, 2.24) is 14.9 Å². The van der Waals surface area contributed by atoms with Gasteiger partial charge < -0.3 is 20.4 Å². The number of nitrogens with zero attached hydrogens (tertiary/aromatic N) is 3. The molecule has 3 N–H and O–H groups in total. The Balaban J connectivity index is 1.70. The Morgan fingerprint density at radius 1 is 1.03 bits per heavy atom. The zero-order chi connectivity index (χ0) is 28.3. The second kappa shape index (κ2) is 9.52. The number of benzene rings is 1. The van der Waals surface area contributed by atoms with Crippen molar-refractivity contribution < 1.29 is 41.4 Å². The van der Waals surface area contributed by atoms with Crippen molar-refractivity contribution >= 4 is 22.8 Å². The lowest BCUT2D eigenvalue weighted by Crippen LogP contribution is -2.57. The molecule has 208 valence electrons. The van der Waals surface area contributed by atoms with Crippen LogP contribution in [0.5, 0.6) is 0 Å². The highest BCUT2D eigenvalue weighted by Gasteiger charge is 2.57. The Morgan fingerprint density at radius 3 is 2.18 bits per heavy atom.